The number of anilines is 1. The van der Waals surface area contributed by atoms with Crippen LogP contribution in [0.5, 0.6) is 17.2 Å². The molecule has 1 fully saturated rings. The molecule has 0 saturated carbocycles. The summed E-state index contributed by atoms with van der Waals surface area (Å²) >= 11 is 6.08. The summed E-state index contributed by atoms with van der Waals surface area (Å²) in [7, 11) is 4.63. The zero-order valence-electron chi connectivity index (χ0n) is 18.2. The molecule has 1 heterocycles. The van der Waals surface area contributed by atoms with Crippen molar-refractivity contribution in [3.63, 3.8) is 0 Å². The van der Waals surface area contributed by atoms with Crippen molar-refractivity contribution in [1.29, 1.82) is 0 Å². The van der Waals surface area contributed by atoms with Gasteiger partial charge in [-0.1, -0.05) is 23.7 Å². The second kappa shape index (κ2) is 11.1. The lowest BCUT2D eigenvalue weighted by molar-refractivity contribution is 0.176. The van der Waals surface area contributed by atoms with E-state index in [1.807, 2.05) is 18.2 Å². The van der Waals surface area contributed by atoms with Crippen molar-refractivity contribution in [2.75, 3.05) is 46.3 Å². The predicted octanol–water partition coefficient (Wildman–Crippen LogP) is 4.40. The third-order valence-electron chi connectivity index (χ3n) is 5.48. The highest BCUT2D eigenvalue weighted by molar-refractivity contribution is 6.30. The number of hydrogen-bond acceptors (Lipinski definition) is 5. The summed E-state index contributed by atoms with van der Waals surface area (Å²) in [5.74, 6) is 1.93. The smallest absolute Gasteiger partial charge is 0.319 e. The van der Waals surface area contributed by atoms with Gasteiger partial charge in [0.1, 0.15) is 0 Å². The average molecular weight is 448 g/mol. The molecule has 0 radical (unpaired) electrons. The minimum Gasteiger partial charge on any atom is -0.493 e. The Balaban J connectivity index is 1.45. The second-order valence-electron chi connectivity index (χ2n) is 7.60. The van der Waals surface area contributed by atoms with E-state index >= 15 is 0 Å². The fourth-order valence-electron chi connectivity index (χ4n) is 3.81. The Labute approximate surface area is 188 Å². The Morgan fingerprint density at radius 2 is 1.74 bits per heavy atom. The molecule has 0 spiro atoms. The van der Waals surface area contributed by atoms with Gasteiger partial charge in [0.2, 0.25) is 5.75 Å². The Morgan fingerprint density at radius 1 is 1.06 bits per heavy atom. The summed E-state index contributed by atoms with van der Waals surface area (Å²) in [6.45, 7) is 3.56. The van der Waals surface area contributed by atoms with Crippen LogP contribution in [0.25, 0.3) is 0 Å². The SMILES string of the molecule is COc1cc(NC(=O)NCC2CCN(Cc3cccc(Cl)c3)CC2)cc(OC)c1OC. The molecule has 0 aliphatic carbocycles. The number of piperidine rings is 1. The van der Waals surface area contributed by atoms with E-state index in [2.05, 4.69) is 21.6 Å². The fraction of sp³-hybridized carbons (Fsp3) is 0.435. The van der Waals surface area contributed by atoms with E-state index in [0.717, 1.165) is 37.5 Å². The van der Waals surface area contributed by atoms with Gasteiger partial charge in [0.25, 0.3) is 0 Å². The minimum atomic E-state index is -0.254. The van der Waals surface area contributed by atoms with Crippen LogP contribution in [0, 0.1) is 5.92 Å². The lowest BCUT2D eigenvalue weighted by Crippen LogP contribution is -2.39. The molecule has 3 rings (SSSR count). The number of carbonyl (C=O) groups is 1. The van der Waals surface area contributed by atoms with Crippen molar-refractivity contribution in [1.82, 2.24) is 10.2 Å². The van der Waals surface area contributed by atoms with Crippen molar-refractivity contribution in [2.45, 2.75) is 19.4 Å². The van der Waals surface area contributed by atoms with Gasteiger partial charge in [-0.15, -0.1) is 0 Å². The van der Waals surface area contributed by atoms with Gasteiger partial charge in [-0.25, -0.2) is 4.79 Å². The van der Waals surface area contributed by atoms with Crippen LogP contribution >= 0.6 is 11.6 Å². The number of methoxy groups -OCH3 is 3. The Kier molecular flexibility index (Phi) is 8.26. The third kappa shape index (κ3) is 6.42. The number of ether oxygens (including phenoxy) is 3. The summed E-state index contributed by atoms with van der Waals surface area (Å²) in [6, 6.07) is 11.2. The maximum absolute atomic E-state index is 12.4. The standard InChI is InChI=1S/C23H30ClN3O4/c1-29-20-12-19(13-21(30-2)22(20)31-3)26-23(28)25-14-16-7-9-27(10-8-16)15-17-5-4-6-18(24)11-17/h4-6,11-13,16H,7-10,14-15H2,1-3H3,(H2,25,26,28). The predicted molar refractivity (Wildman–Crippen MR) is 123 cm³/mol. The van der Waals surface area contributed by atoms with E-state index < -0.39 is 0 Å². The van der Waals surface area contributed by atoms with Gasteiger partial charge in [0.15, 0.2) is 11.5 Å². The van der Waals surface area contributed by atoms with Gasteiger partial charge in [-0.3, -0.25) is 4.90 Å². The molecule has 0 bridgehead atoms. The molecule has 2 aromatic rings. The number of halogens is 1. The number of amides is 2. The van der Waals surface area contributed by atoms with Crippen molar-refractivity contribution in [2.24, 2.45) is 5.92 Å². The molecule has 2 N–H and O–H groups in total. The van der Waals surface area contributed by atoms with Crippen LogP contribution < -0.4 is 24.8 Å². The molecule has 2 amide bonds. The highest BCUT2D eigenvalue weighted by Crippen LogP contribution is 2.39. The molecule has 1 aliphatic heterocycles. The average Bonchev–Trinajstić information content (AvgIpc) is 2.78. The number of nitrogens with one attached hydrogen (secondary N) is 2. The number of urea groups is 1. The minimum absolute atomic E-state index is 0.254. The zero-order chi connectivity index (χ0) is 22.2. The van der Waals surface area contributed by atoms with Crippen LogP contribution in [-0.4, -0.2) is 51.9 Å². The van der Waals surface area contributed by atoms with Crippen molar-refractivity contribution in [3.05, 3.63) is 47.0 Å². The number of carbonyl (C=O) groups excluding carboxylic acids is 1. The van der Waals surface area contributed by atoms with E-state index in [1.165, 1.54) is 5.56 Å². The Hall–Kier alpha value is -2.64. The lowest BCUT2D eigenvalue weighted by atomic mass is 9.96. The Bertz CT molecular complexity index is 860. The fourth-order valence-corrected chi connectivity index (χ4v) is 4.02. The number of hydrogen-bond donors (Lipinski definition) is 2. The summed E-state index contributed by atoms with van der Waals surface area (Å²) in [6.07, 6.45) is 2.09. The van der Waals surface area contributed by atoms with Crippen LogP contribution in [-0.2, 0) is 6.54 Å². The normalized spacial score (nSPS) is 14.7. The molecule has 0 aromatic heterocycles. The van der Waals surface area contributed by atoms with E-state index in [-0.39, 0.29) is 6.03 Å². The molecule has 2 aromatic carbocycles. The van der Waals surface area contributed by atoms with Crippen molar-refractivity contribution < 1.29 is 19.0 Å². The molecular formula is C23H30ClN3O4. The molecule has 8 heteroatoms. The molecule has 1 saturated heterocycles. The number of likely N-dealkylation sites (tertiary alicyclic amines) is 1. The van der Waals surface area contributed by atoms with Gasteiger partial charge >= 0.3 is 6.03 Å². The first kappa shape index (κ1) is 23.0. The molecule has 1 aliphatic rings. The summed E-state index contributed by atoms with van der Waals surface area (Å²) in [4.78, 5) is 14.8. The van der Waals surface area contributed by atoms with Crippen molar-refractivity contribution >= 4 is 23.3 Å². The first-order chi connectivity index (χ1) is 15.0. The highest BCUT2D eigenvalue weighted by Gasteiger charge is 2.20. The Morgan fingerprint density at radius 3 is 2.32 bits per heavy atom. The molecular weight excluding hydrogens is 418 g/mol. The van der Waals surface area contributed by atoms with Gasteiger partial charge in [0, 0.05) is 30.2 Å². The van der Waals surface area contributed by atoms with E-state index in [1.54, 1.807) is 33.5 Å². The maximum Gasteiger partial charge on any atom is 0.319 e. The molecule has 7 nitrogen and oxygen atoms in total. The number of nitrogens with zero attached hydrogens (tertiary/aromatic N) is 1. The maximum atomic E-state index is 12.4. The highest BCUT2D eigenvalue weighted by atomic mass is 35.5. The first-order valence-electron chi connectivity index (χ1n) is 10.3. The van der Waals surface area contributed by atoms with Crippen LogP contribution in [0.2, 0.25) is 5.02 Å². The van der Waals surface area contributed by atoms with Crippen LogP contribution in [0.3, 0.4) is 0 Å². The van der Waals surface area contributed by atoms with Gasteiger partial charge < -0.3 is 24.8 Å². The molecule has 0 atom stereocenters. The van der Waals surface area contributed by atoms with E-state index in [4.69, 9.17) is 25.8 Å². The van der Waals surface area contributed by atoms with E-state index in [9.17, 15) is 4.79 Å². The number of benzene rings is 2. The summed E-state index contributed by atoms with van der Waals surface area (Å²) < 4.78 is 16.0. The van der Waals surface area contributed by atoms with Crippen LogP contribution in [0.4, 0.5) is 10.5 Å². The zero-order valence-corrected chi connectivity index (χ0v) is 19.0. The number of rotatable bonds is 8. The van der Waals surface area contributed by atoms with E-state index in [0.29, 0.717) is 35.4 Å². The first-order valence-corrected chi connectivity index (χ1v) is 10.7. The van der Waals surface area contributed by atoms with Gasteiger partial charge in [-0.2, -0.15) is 0 Å². The van der Waals surface area contributed by atoms with Crippen LogP contribution in [0.1, 0.15) is 18.4 Å². The molecule has 31 heavy (non-hydrogen) atoms. The quantitative estimate of drug-likeness (QED) is 0.627. The van der Waals surface area contributed by atoms with Crippen LogP contribution in [0.15, 0.2) is 36.4 Å². The topological polar surface area (TPSA) is 72.1 Å². The van der Waals surface area contributed by atoms with Gasteiger partial charge in [-0.05, 0) is 49.5 Å². The molecule has 0 unspecified atom stereocenters. The molecule has 168 valence electrons. The van der Waals surface area contributed by atoms with Crippen molar-refractivity contribution in [3.8, 4) is 17.2 Å². The largest absolute Gasteiger partial charge is 0.493 e. The lowest BCUT2D eigenvalue weighted by Gasteiger charge is -2.32. The third-order valence-corrected chi connectivity index (χ3v) is 5.71. The second-order valence-corrected chi connectivity index (χ2v) is 8.03. The summed E-state index contributed by atoms with van der Waals surface area (Å²) in [5, 5.41) is 6.59. The van der Waals surface area contributed by atoms with Gasteiger partial charge in [0.05, 0.1) is 27.0 Å². The summed E-state index contributed by atoms with van der Waals surface area (Å²) in [5.41, 5.74) is 1.80. The monoisotopic (exact) mass is 447 g/mol.